The Kier molecular flexibility index (Phi) is 6.38. The lowest BCUT2D eigenvalue weighted by Gasteiger charge is -2.17. The monoisotopic (exact) mass is 345 g/mol. The number of hydrogen-bond donors (Lipinski definition) is 0. The van der Waals surface area contributed by atoms with E-state index in [2.05, 4.69) is 24.0 Å². The number of carbonyl (C=O) groups is 1. The summed E-state index contributed by atoms with van der Waals surface area (Å²) in [5.74, 6) is 0.0558. The zero-order chi connectivity index (χ0) is 17.7. The lowest BCUT2D eigenvalue weighted by molar-refractivity contribution is 0.0525. The van der Waals surface area contributed by atoms with E-state index in [9.17, 15) is 4.79 Å². The highest BCUT2D eigenvalue weighted by molar-refractivity contribution is 6.31. The molecule has 1 aromatic heterocycles. The number of aromatic nitrogens is 1. The Hall–Kier alpha value is -1.87. The van der Waals surface area contributed by atoms with E-state index in [0.29, 0.717) is 18.1 Å². The van der Waals surface area contributed by atoms with Crippen LogP contribution in [0.1, 0.15) is 58.9 Å². The lowest BCUT2D eigenvalue weighted by Crippen LogP contribution is -2.10. The van der Waals surface area contributed by atoms with Gasteiger partial charge in [-0.3, -0.25) is 4.98 Å². The van der Waals surface area contributed by atoms with Crippen LogP contribution in [0.15, 0.2) is 30.5 Å². The lowest BCUT2D eigenvalue weighted by atomic mass is 9.90. The van der Waals surface area contributed by atoms with E-state index in [0.717, 1.165) is 34.7 Å². The van der Waals surface area contributed by atoms with Gasteiger partial charge >= 0.3 is 5.97 Å². The van der Waals surface area contributed by atoms with Crippen LogP contribution in [0, 0.1) is 13.8 Å². The van der Waals surface area contributed by atoms with E-state index in [1.165, 1.54) is 5.56 Å². The fourth-order valence-corrected chi connectivity index (χ4v) is 2.90. The van der Waals surface area contributed by atoms with Crippen molar-refractivity contribution in [2.24, 2.45) is 0 Å². The van der Waals surface area contributed by atoms with Crippen LogP contribution >= 0.6 is 11.6 Å². The Labute approximate surface area is 149 Å². The minimum Gasteiger partial charge on any atom is -0.462 e. The smallest absolute Gasteiger partial charge is 0.338 e. The maximum absolute atomic E-state index is 12.1. The van der Waals surface area contributed by atoms with Crippen molar-refractivity contribution in [3.63, 3.8) is 0 Å². The molecule has 0 fully saturated rings. The number of halogens is 1. The van der Waals surface area contributed by atoms with E-state index >= 15 is 0 Å². The van der Waals surface area contributed by atoms with Crippen molar-refractivity contribution in [1.29, 1.82) is 0 Å². The highest BCUT2D eigenvalue weighted by atomic mass is 35.5. The second-order valence-corrected chi connectivity index (χ2v) is 6.44. The summed E-state index contributed by atoms with van der Waals surface area (Å²) in [5.41, 5.74) is 4.68. The first-order valence-corrected chi connectivity index (χ1v) is 8.72. The Morgan fingerprint density at radius 1 is 1.21 bits per heavy atom. The summed E-state index contributed by atoms with van der Waals surface area (Å²) in [6, 6.07) is 8.02. The summed E-state index contributed by atoms with van der Waals surface area (Å²) in [7, 11) is 0. The first-order valence-electron chi connectivity index (χ1n) is 8.34. The van der Waals surface area contributed by atoms with Crippen molar-refractivity contribution in [1.82, 2.24) is 4.98 Å². The molecule has 1 aromatic carbocycles. The zero-order valence-corrected chi connectivity index (χ0v) is 15.5. The predicted molar refractivity (Wildman–Crippen MR) is 97.9 cm³/mol. The van der Waals surface area contributed by atoms with Gasteiger partial charge in [-0.05, 0) is 68.4 Å². The van der Waals surface area contributed by atoms with Crippen LogP contribution in [-0.4, -0.2) is 17.6 Å². The molecule has 2 aromatic rings. The van der Waals surface area contributed by atoms with E-state index < -0.39 is 0 Å². The Balaban J connectivity index is 2.26. The van der Waals surface area contributed by atoms with Crippen LogP contribution in [0.25, 0.3) is 0 Å². The molecule has 0 unspecified atom stereocenters. The van der Waals surface area contributed by atoms with Crippen LogP contribution in [0.3, 0.4) is 0 Å². The first-order chi connectivity index (χ1) is 11.5. The Morgan fingerprint density at radius 2 is 1.96 bits per heavy atom. The van der Waals surface area contributed by atoms with Gasteiger partial charge in [0.2, 0.25) is 0 Å². The van der Waals surface area contributed by atoms with E-state index in [-0.39, 0.29) is 5.97 Å². The number of pyridine rings is 1. The van der Waals surface area contributed by atoms with Gasteiger partial charge in [0.15, 0.2) is 0 Å². The molecule has 0 N–H and O–H groups in total. The number of nitrogens with zero attached hydrogens (tertiary/aromatic N) is 1. The topological polar surface area (TPSA) is 39.2 Å². The number of carbonyl (C=O) groups excluding carboxylic acids is 1. The van der Waals surface area contributed by atoms with Gasteiger partial charge in [0.1, 0.15) is 0 Å². The second-order valence-electron chi connectivity index (χ2n) is 6.03. The SMILES string of the molecule is CCOC(=O)c1cc(C[C@H](CC)c2ccc(Cl)c(C)c2)ncc1C. The highest BCUT2D eigenvalue weighted by Crippen LogP contribution is 2.27. The molecule has 0 bridgehead atoms. The van der Waals surface area contributed by atoms with Crippen molar-refractivity contribution < 1.29 is 9.53 Å². The van der Waals surface area contributed by atoms with Crippen LogP contribution in [0.4, 0.5) is 0 Å². The summed E-state index contributed by atoms with van der Waals surface area (Å²) in [5, 5.41) is 0.784. The molecule has 0 spiro atoms. The van der Waals surface area contributed by atoms with Crippen molar-refractivity contribution >= 4 is 17.6 Å². The maximum Gasteiger partial charge on any atom is 0.338 e. The van der Waals surface area contributed by atoms with Gasteiger partial charge in [-0.15, -0.1) is 0 Å². The van der Waals surface area contributed by atoms with Crippen molar-refractivity contribution in [2.45, 2.75) is 46.5 Å². The van der Waals surface area contributed by atoms with Crippen LogP contribution in [-0.2, 0) is 11.2 Å². The highest BCUT2D eigenvalue weighted by Gasteiger charge is 2.16. The molecule has 0 aliphatic rings. The normalized spacial score (nSPS) is 12.0. The molecule has 3 nitrogen and oxygen atoms in total. The van der Waals surface area contributed by atoms with Gasteiger partial charge < -0.3 is 4.74 Å². The molecular formula is C20H24ClNO2. The predicted octanol–water partition coefficient (Wildman–Crippen LogP) is 5.26. The molecule has 1 atom stereocenters. The second kappa shape index (κ2) is 8.29. The molecule has 1 heterocycles. The van der Waals surface area contributed by atoms with E-state index in [1.807, 2.05) is 32.9 Å². The molecule has 0 saturated carbocycles. The first kappa shape index (κ1) is 18.5. The summed E-state index contributed by atoms with van der Waals surface area (Å²) >= 11 is 6.13. The molecule has 128 valence electrons. The van der Waals surface area contributed by atoms with Gasteiger partial charge in [-0.25, -0.2) is 4.79 Å². The number of esters is 1. The summed E-state index contributed by atoms with van der Waals surface area (Å²) in [6.45, 7) is 8.24. The number of ether oxygens (including phenoxy) is 1. The number of rotatable bonds is 6. The average molecular weight is 346 g/mol. The van der Waals surface area contributed by atoms with Crippen LogP contribution < -0.4 is 0 Å². The molecule has 0 radical (unpaired) electrons. The maximum atomic E-state index is 12.1. The molecule has 24 heavy (non-hydrogen) atoms. The third-order valence-electron chi connectivity index (χ3n) is 4.26. The molecule has 4 heteroatoms. The standard InChI is InChI=1S/C20H24ClNO2/c1-5-15(16-7-8-19(21)13(3)9-16)10-17-11-18(14(4)12-22-17)20(23)24-6-2/h7-9,11-12,15H,5-6,10H2,1-4H3/t15-/m0/s1. The zero-order valence-electron chi connectivity index (χ0n) is 14.7. The summed E-state index contributed by atoms with van der Waals surface area (Å²) < 4.78 is 5.13. The molecule has 0 aliphatic carbocycles. The van der Waals surface area contributed by atoms with Crippen molar-refractivity contribution in [3.05, 3.63) is 63.4 Å². The largest absolute Gasteiger partial charge is 0.462 e. The third-order valence-corrected chi connectivity index (χ3v) is 4.68. The fourth-order valence-electron chi connectivity index (χ4n) is 2.78. The molecule has 0 aliphatic heterocycles. The molecular weight excluding hydrogens is 322 g/mol. The molecule has 0 saturated heterocycles. The average Bonchev–Trinajstić information content (AvgIpc) is 2.57. The van der Waals surface area contributed by atoms with Crippen LogP contribution in [0.2, 0.25) is 5.02 Å². The van der Waals surface area contributed by atoms with Gasteiger partial charge in [-0.1, -0.05) is 30.7 Å². The molecule has 2 rings (SSSR count). The minimum atomic E-state index is -0.283. The number of benzene rings is 1. The van der Waals surface area contributed by atoms with Crippen LogP contribution in [0.5, 0.6) is 0 Å². The Morgan fingerprint density at radius 3 is 2.58 bits per heavy atom. The Bertz CT molecular complexity index is 728. The van der Waals surface area contributed by atoms with E-state index in [1.54, 1.807) is 6.20 Å². The third kappa shape index (κ3) is 4.35. The number of aryl methyl sites for hydroxylation is 2. The minimum absolute atomic E-state index is 0.283. The van der Waals surface area contributed by atoms with Crippen molar-refractivity contribution in [3.8, 4) is 0 Å². The van der Waals surface area contributed by atoms with Crippen molar-refractivity contribution in [2.75, 3.05) is 6.61 Å². The quantitative estimate of drug-likeness (QED) is 0.670. The number of hydrogen-bond acceptors (Lipinski definition) is 3. The van der Waals surface area contributed by atoms with Gasteiger partial charge in [0.25, 0.3) is 0 Å². The van der Waals surface area contributed by atoms with Gasteiger partial charge in [0.05, 0.1) is 12.2 Å². The fraction of sp³-hybridized carbons (Fsp3) is 0.400. The van der Waals surface area contributed by atoms with Gasteiger partial charge in [0, 0.05) is 16.9 Å². The van der Waals surface area contributed by atoms with Gasteiger partial charge in [-0.2, -0.15) is 0 Å². The summed E-state index contributed by atoms with van der Waals surface area (Å²) in [6.07, 6.45) is 3.52. The molecule has 0 amide bonds. The van der Waals surface area contributed by atoms with E-state index in [4.69, 9.17) is 16.3 Å². The summed E-state index contributed by atoms with van der Waals surface area (Å²) in [4.78, 5) is 16.6.